The van der Waals surface area contributed by atoms with Crippen molar-refractivity contribution in [3.63, 3.8) is 0 Å². The summed E-state index contributed by atoms with van der Waals surface area (Å²) in [5.74, 6) is 1.63. The smallest absolute Gasteiger partial charge is 0.0304 e. The van der Waals surface area contributed by atoms with Gasteiger partial charge in [0.25, 0.3) is 0 Å². The SMILES string of the molecule is CCC1CN(CC(C)CC(C)C)C(C)(CC)CN1. The van der Waals surface area contributed by atoms with Crippen molar-refractivity contribution < 1.29 is 0 Å². The number of rotatable bonds is 6. The molecule has 0 bridgehead atoms. The number of hydrogen-bond acceptors (Lipinski definition) is 2. The van der Waals surface area contributed by atoms with Crippen LogP contribution in [-0.4, -0.2) is 36.1 Å². The minimum atomic E-state index is 0.358. The molecule has 1 aliphatic heterocycles. The second-order valence-corrected chi connectivity index (χ2v) is 6.98. The predicted molar refractivity (Wildman–Crippen MR) is 81.0 cm³/mol. The van der Waals surface area contributed by atoms with Crippen LogP contribution in [0.2, 0.25) is 0 Å². The molecule has 1 N–H and O–H groups in total. The predicted octanol–water partition coefficient (Wildman–Crippen LogP) is 3.52. The van der Waals surface area contributed by atoms with Gasteiger partial charge in [-0.25, -0.2) is 0 Å². The number of nitrogens with one attached hydrogen (secondary N) is 1. The van der Waals surface area contributed by atoms with Crippen LogP contribution in [0.1, 0.15) is 60.8 Å². The summed E-state index contributed by atoms with van der Waals surface area (Å²) in [6.45, 7) is 17.8. The van der Waals surface area contributed by atoms with Crippen molar-refractivity contribution in [2.24, 2.45) is 11.8 Å². The molecule has 0 aromatic carbocycles. The molecular weight excluding hydrogens is 220 g/mol. The molecule has 3 unspecified atom stereocenters. The summed E-state index contributed by atoms with van der Waals surface area (Å²) in [6, 6.07) is 0.691. The lowest BCUT2D eigenvalue weighted by molar-refractivity contribution is 0.0336. The van der Waals surface area contributed by atoms with E-state index in [1.807, 2.05) is 0 Å². The van der Waals surface area contributed by atoms with Crippen molar-refractivity contribution in [1.82, 2.24) is 10.2 Å². The highest BCUT2D eigenvalue weighted by molar-refractivity contribution is 4.95. The van der Waals surface area contributed by atoms with Gasteiger partial charge >= 0.3 is 0 Å². The Morgan fingerprint density at radius 3 is 2.44 bits per heavy atom. The summed E-state index contributed by atoms with van der Waals surface area (Å²) >= 11 is 0. The summed E-state index contributed by atoms with van der Waals surface area (Å²) in [5.41, 5.74) is 0.358. The van der Waals surface area contributed by atoms with Crippen molar-refractivity contribution >= 4 is 0 Å². The van der Waals surface area contributed by atoms with Gasteiger partial charge in [-0.3, -0.25) is 4.90 Å². The normalized spacial score (nSPS) is 31.8. The van der Waals surface area contributed by atoms with Crippen LogP contribution in [-0.2, 0) is 0 Å². The van der Waals surface area contributed by atoms with Gasteiger partial charge in [-0.1, -0.05) is 34.6 Å². The van der Waals surface area contributed by atoms with Crippen LogP contribution in [0.3, 0.4) is 0 Å². The molecule has 0 spiro atoms. The fraction of sp³-hybridized carbons (Fsp3) is 1.00. The highest BCUT2D eigenvalue weighted by atomic mass is 15.3. The molecule has 108 valence electrons. The third-order valence-electron chi connectivity index (χ3n) is 4.64. The molecule has 1 rings (SSSR count). The zero-order valence-corrected chi connectivity index (χ0v) is 13.4. The molecule has 0 aromatic heterocycles. The van der Waals surface area contributed by atoms with Crippen LogP contribution in [0.5, 0.6) is 0 Å². The molecule has 0 aromatic rings. The molecule has 1 aliphatic rings. The Kier molecular flexibility index (Phi) is 6.13. The first-order valence-corrected chi connectivity index (χ1v) is 7.89. The van der Waals surface area contributed by atoms with Crippen LogP contribution >= 0.6 is 0 Å². The van der Waals surface area contributed by atoms with E-state index in [0.717, 1.165) is 18.4 Å². The van der Waals surface area contributed by atoms with Crippen LogP contribution in [0.15, 0.2) is 0 Å². The molecule has 3 atom stereocenters. The highest BCUT2D eigenvalue weighted by Crippen LogP contribution is 2.26. The van der Waals surface area contributed by atoms with Crippen molar-refractivity contribution in [2.75, 3.05) is 19.6 Å². The van der Waals surface area contributed by atoms with E-state index in [1.54, 1.807) is 0 Å². The number of hydrogen-bond donors (Lipinski definition) is 1. The monoisotopic (exact) mass is 254 g/mol. The molecule has 0 radical (unpaired) electrons. The summed E-state index contributed by atoms with van der Waals surface area (Å²) in [5, 5.41) is 3.71. The quantitative estimate of drug-likeness (QED) is 0.780. The van der Waals surface area contributed by atoms with Crippen molar-refractivity contribution in [2.45, 2.75) is 72.4 Å². The van der Waals surface area contributed by atoms with E-state index in [4.69, 9.17) is 0 Å². The van der Waals surface area contributed by atoms with Gasteiger partial charge in [0.15, 0.2) is 0 Å². The molecule has 1 fully saturated rings. The Morgan fingerprint density at radius 1 is 1.28 bits per heavy atom. The van der Waals surface area contributed by atoms with E-state index in [2.05, 4.69) is 51.8 Å². The summed E-state index contributed by atoms with van der Waals surface area (Å²) in [7, 11) is 0. The lowest BCUT2D eigenvalue weighted by Crippen LogP contribution is -2.63. The van der Waals surface area contributed by atoms with Crippen molar-refractivity contribution in [3.8, 4) is 0 Å². The summed E-state index contributed by atoms with van der Waals surface area (Å²) in [6.07, 6.45) is 3.83. The Balaban J connectivity index is 2.61. The van der Waals surface area contributed by atoms with Gasteiger partial charge < -0.3 is 5.32 Å². The zero-order valence-electron chi connectivity index (χ0n) is 13.4. The van der Waals surface area contributed by atoms with Gasteiger partial charge in [0.05, 0.1) is 0 Å². The Hall–Kier alpha value is -0.0800. The lowest BCUT2D eigenvalue weighted by atomic mass is 9.89. The van der Waals surface area contributed by atoms with Crippen LogP contribution in [0.25, 0.3) is 0 Å². The van der Waals surface area contributed by atoms with E-state index in [1.165, 1.54) is 32.4 Å². The fourth-order valence-corrected chi connectivity index (χ4v) is 3.20. The topological polar surface area (TPSA) is 15.3 Å². The maximum Gasteiger partial charge on any atom is 0.0304 e. The van der Waals surface area contributed by atoms with Crippen molar-refractivity contribution in [1.29, 1.82) is 0 Å². The number of piperazine rings is 1. The molecule has 0 amide bonds. The first-order valence-electron chi connectivity index (χ1n) is 7.89. The van der Waals surface area contributed by atoms with E-state index in [9.17, 15) is 0 Å². The molecule has 2 nitrogen and oxygen atoms in total. The van der Waals surface area contributed by atoms with Crippen LogP contribution in [0.4, 0.5) is 0 Å². The minimum Gasteiger partial charge on any atom is -0.311 e. The maximum absolute atomic E-state index is 3.71. The molecule has 1 heterocycles. The van der Waals surface area contributed by atoms with Crippen LogP contribution < -0.4 is 5.32 Å². The van der Waals surface area contributed by atoms with E-state index >= 15 is 0 Å². The molecule has 0 aliphatic carbocycles. The van der Waals surface area contributed by atoms with Gasteiger partial charge in [-0.05, 0) is 38.0 Å². The molecular formula is C16H34N2. The zero-order chi connectivity index (χ0) is 13.8. The Bertz CT molecular complexity index is 239. The second kappa shape index (κ2) is 6.91. The van der Waals surface area contributed by atoms with Gasteiger partial charge in [0.2, 0.25) is 0 Å². The lowest BCUT2D eigenvalue weighted by Gasteiger charge is -2.49. The minimum absolute atomic E-state index is 0.358. The highest BCUT2D eigenvalue weighted by Gasteiger charge is 2.36. The standard InChI is InChI=1S/C16H34N2/c1-7-15-11-18(10-14(5)9-13(3)4)16(6,8-2)12-17-15/h13-15,17H,7-12H2,1-6H3. The number of nitrogens with zero attached hydrogens (tertiary/aromatic N) is 1. The average Bonchev–Trinajstić information content (AvgIpc) is 2.31. The van der Waals surface area contributed by atoms with Gasteiger partial charge in [0.1, 0.15) is 0 Å². The maximum atomic E-state index is 3.71. The average molecular weight is 254 g/mol. The Labute approximate surface area is 115 Å². The summed E-state index contributed by atoms with van der Waals surface area (Å²) in [4.78, 5) is 2.75. The van der Waals surface area contributed by atoms with E-state index in [0.29, 0.717) is 11.6 Å². The Morgan fingerprint density at radius 2 is 1.94 bits per heavy atom. The molecule has 18 heavy (non-hydrogen) atoms. The van der Waals surface area contributed by atoms with Crippen molar-refractivity contribution in [3.05, 3.63) is 0 Å². The van der Waals surface area contributed by atoms with E-state index < -0.39 is 0 Å². The van der Waals surface area contributed by atoms with Gasteiger partial charge in [0, 0.05) is 31.2 Å². The molecule has 1 saturated heterocycles. The molecule has 2 heteroatoms. The summed E-state index contributed by atoms with van der Waals surface area (Å²) < 4.78 is 0. The third-order valence-corrected chi connectivity index (χ3v) is 4.64. The largest absolute Gasteiger partial charge is 0.311 e. The first-order chi connectivity index (χ1) is 8.41. The van der Waals surface area contributed by atoms with Gasteiger partial charge in [-0.2, -0.15) is 0 Å². The van der Waals surface area contributed by atoms with E-state index in [-0.39, 0.29) is 0 Å². The fourth-order valence-electron chi connectivity index (χ4n) is 3.20. The molecule has 0 saturated carbocycles. The third kappa shape index (κ3) is 4.24. The van der Waals surface area contributed by atoms with Gasteiger partial charge in [-0.15, -0.1) is 0 Å². The first kappa shape index (κ1) is 16.0. The second-order valence-electron chi connectivity index (χ2n) is 6.98. The van der Waals surface area contributed by atoms with Crippen LogP contribution in [0, 0.1) is 11.8 Å².